The lowest BCUT2D eigenvalue weighted by atomic mass is 10.2. The van der Waals surface area contributed by atoms with E-state index in [1.54, 1.807) is 0 Å². The van der Waals surface area contributed by atoms with Crippen molar-refractivity contribution in [2.45, 2.75) is 18.6 Å². The van der Waals surface area contributed by atoms with E-state index in [2.05, 4.69) is 68.7 Å². The average Bonchev–Trinajstić information content (AvgIpc) is 3.09. The number of nitrogens with two attached hydrogens (primary N) is 1. The number of nitrogens with zero attached hydrogens (tertiary/aromatic N) is 3. The first-order chi connectivity index (χ1) is 13.1. The maximum atomic E-state index is 11.5. The molecule has 3 rings (SSSR count). The van der Waals surface area contributed by atoms with E-state index in [1.165, 1.54) is 20.9 Å². The van der Waals surface area contributed by atoms with Crippen molar-refractivity contribution in [2.24, 2.45) is 5.84 Å². The van der Waals surface area contributed by atoms with Crippen molar-refractivity contribution in [2.75, 3.05) is 11.1 Å². The third kappa shape index (κ3) is 4.99. The van der Waals surface area contributed by atoms with Gasteiger partial charge in [-0.05, 0) is 65.4 Å². The molecular weight excluding hydrogens is 475 g/mol. The zero-order valence-corrected chi connectivity index (χ0v) is 17.6. The van der Waals surface area contributed by atoms with Gasteiger partial charge in [0.15, 0.2) is 11.0 Å². The SMILES string of the molecule is Cc1cc(I)ccc1NCc1nnc(SCC(=O)NN)n1-c1ccccc1. The van der Waals surface area contributed by atoms with Crippen molar-refractivity contribution in [3.8, 4) is 5.69 Å². The third-order valence-corrected chi connectivity index (χ3v) is 5.43. The van der Waals surface area contributed by atoms with Gasteiger partial charge in [-0.3, -0.25) is 14.8 Å². The summed E-state index contributed by atoms with van der Waals surface area (Å²) in [5, 5.41) is 12.6. The summed E-state index contributed by atoms with van der Waals surface area (Å²) in [5.74, 6) is 5.83. The minimum Gasteiger partial charge on any atom is -0.378 e. The van der Waals surface area contributed by atoms with Crippen LogP contribution in [0, 0.1) is 10.5 Å². The Balaban J connectivity index is 1.85. The summed E-state index contributed by atoms with van der Waals surface area (Å²) in [5.41, 5.74) is 5.29. The Kier molecular flexibility index (Phi) is 6.69. The van der Waals surface area contributed by atoms with Gasteiger partial charge >= 0.3 is 0 Å². The van der Waals surface area contributed by atoms with Gasteiger partial charge in [0.25, 0.3) is 0 Å². The molecule has 1 amide bonds. The fraction of sp³-hybridized carbons (Fsp3) is 0.167. The van der Waals surface area contributed by atoms with Gasteiger partial charge < -0.3 is 5.32 Å². The van der Waals surface area contributed by atoms with Crippen molar-refractivity contribution in [3.63, 3.8) is 0 Å². The number of carbonyl (C=O) groups is 1. The predicted octanol–water partition coefficient (Wildman–Crippen LogP) is 2.87. The fourth-order valence-corrected chi connectivity index (χ4v) is 3.95. The standard InChI is InChI=1S/C18H19IN6OS/c1-12-9-13(19)7-8-15(12)21-10-16-23-24-18(27-11-17(26)22-20)25(16)14-5-3-2-4-6-14/h2-9,21H,10-11,20H2,1H3,(H,22,26). The van der Waals surface area contributed by atoms with E-state index in [1.807, 2.05) is 34.9 Å². The molecule has 0 fully saturated rings. The highest BCUT2D eigenvalue weighted by molar-refractivity contribution is 14.1. The zero-order chi connectivity index (χ0) is 19.2. The average molecular weight is 494 g/mol. The molecule has 0 spiro atoms. The highest BCUT2D eigenvalue weighted by Gasteiger charge is 2.15. The van der Waals surface area contributed by atoms with Crippen LogP contribution in [0.5, 0.6) is 0 Å². The van der Waals surface area contributed by atoms with Crippen LogP contribution in [-0.4, -0.2) is 26.4 Å². The van der Waals surface area contributed by atoms with E-state index >= 15 is 0 Å². The second-order valence-corrected chi connectivity index (χ2v) is 7.93. The smallest absolute Gasteiger partial charge is 0.244 e. The number of amides is 1. The highest BCUT2D eigenvalue weighted by Crippen LogP contribution is 2.23. The van der Waals surface area contributed by atoms with Crippen molar-refractivity contribution < 1.29 is 4.79 Å². The lowest BCUT2D eigenvalue weighted by Crippen LogP contribution is -2.31. The molecule has 0 atom stereocenters. The number of rotatable bonds is 7. The molecule has 0 saturated carbocycles. The molecule has 1 heterocycles. The maximum absolute atomic E-state index is 11.5. The summed E-state index contributed by atoms with van der Waals surface area (Å²) < 4.78 is 3.14. The van der Waals surface area contributed by atoms with E-state index in [0.717, 1.165) is 17.2 Å². The van der Waals surface area contributed by atoms with Gasteiger partial charge in [-0.15, -0.1) is 10.2 Å². The van der Waals surface area contributed by atoms with E-state index in [4.69, 9.17) is 5.84 Å². The molecule has 0 bridgehead atoms. The molecule has 0 aliphatic rings. The van der Waals surface area contributed by atoms with Crippen molar-refractivity contribution in [1.82, 2.24) is 20.2 Å². The number of hydrogen-bond acceptors (Lipinski definition) is 6. The summed E-state index contributed by atoms with van der Waals surface area (Å²) in [6, 6.07) is 16.1. The third-order valence-electron chi connectivity index (χ3n) is 3.83. The first-order valence-corrected chi connectivity index (χ1v) is 10.3. The first-order valence-electron chi connectivity index (χ1n) is 8.20. The Morgan fingerprint density at radius 1 is 1.22 bits per heavy atom. The number of hydrazine groups is 1. The van der Waals surface area contributed by atoms with Gasteiger partial charge in [0.05, 0.1) is 12.3 Å². The van der Waals surface area contributed by atoms with Crippen LogP contribution in [0.2, 0.25) is 0 Å². The summed E-state index contributed by atoms with van der Waals surface area (Å²) in [4.78, 5) is 11.5. The Labute approximate surface area is 175 Å². The number of hydrogen-bond donors (Lipinski definition) is 3. The Morgan fingerprint density at radius 3 is 2.70 bits per heavy atom. The molecule has 1 aromatic heterocycles. The minimum absolute atomic E-state index is 0.172. The quantitative estimate of drug-likeness (QED) is 0.154. The predicted molar refractivity (Wildman–Crippen MR) is 116 cm³/mol. The van der Waals surface area contributed by atoms with Crippen LogP contribution in [-0.2, 0) is 11.3 Å². The summed E-state index contributed by atoms with van der Waals surface area (Å²) in [7, 11) is 0. The van der Waals surface area contributed by atoms with Gasteiger partial charge in [0.1, 0.15) is 0 Å². The number of para-hydroxylation sites is 1. The Hall–Kier alpha value is -2.11. The van der Waals surface area contributed by atoms with Crippen LogP contribution in [0.15, 0.2) is 53.7 Å². The van der Waals surface area contributed by atoms with Crippen molar-refractivity contribution in [1.29, 1.82) is 0 Å². The number of carbonyl (C=O) groups excluding carboxylic acids is 1. The molecule has 7 nitrogen and oxygen atoms in total. The Bertz CT molecular complexity index is 931. The molecule has 9 heteroatoms. The molecular formula is C18H19IN6OS. The van der Waals surface area contributed by atoms with E-state index < -0.39 is 0 Å². The summed E-state index contributed by atoms with van der Waals surface area (Å²) in [6.07, 6.45) is 0. The molecule has 0 unspecified atom stereocenters. The number of nitrogens with one attached hydrogen (secondary N) is 2. The molecule has 27 heavy (non-hydrogen) atoms. The highest BCUT2D eigenvalue weighted by atomic mass is 127. The number of aromatic nitrogens is 3. The van der Waals surface area contributed by atoms with Gasteiger partial charge in [-0.25, -0.2) is 5.84 Å². The van der Waals surface area contributed by atoms with Crippen LogP contribution < -0.4 is 16.6 Å². The van der Waals surface area contributed by atoms with Gasteiger partial charge in [0, 0.05) is 14.9 Å². The maximum Gasteiger partial charge on any atom is 0.244 e. The topological polar surface area (TPSA) is 97.9 Å². The molecule has 0 aliphatic heterocycles. The fourth-order valence-electron chi connectivity index (χ4n) is 2.52. The largest absolute Gasteiger partial charge is 0.378 e. The van der Waals surface area contributed by atoms with Crippen LogP contribution in [0.1, 0.15) is 11.4 Å². The second kappa shape index (κ2) is 9.20. The molecule has 140 valence electrons. The molecule has 0 saturated heterocycles. The van der Waals surface area contributed by atoms with E-state index in [0.29, 0.717) is 11.7 Å². The summed E-state index contributed by atoms with van der Waals surface area (Å²) >= 11 is 3.59. The van der Waals surface area contributed by atoms with Crippen molar-refractivity contribution in [3.05, 3.63) is 63.5 Å². The van der Waals surface area contributed by atoms with Crippen molar-refractivity contribution >= 4 is 45.9 Å². The number of thioether (sulfide) groups is 1. The molecule has 4 N–H and O–H groups in total. The van der Waals surface area contributed by atoms with Crippen LogP contribution in [0.4, 0.5) is 5.69 Å². The van der Waals surface area contributed by atoms with Gasteiger partial charge in [0.2, 0.25) is 5.91 Å². The number of benzene rings is 2. The first kappa shape index (κ1) is 19.6. The van der Waals surface area contributed by atoms with Crippen LogP contribution >= 0.6 is 34.4 Å². The number of aryl methyl sites for hydroxylation is 1. The summed E-state index contributed by atoms with van der Waals surface area (Å²) in [6.45, 7) is 2.58. The molecule has 0 radical (unpaired) electrons. The monoisotopic (exact) mass is 494 g/mol. The number of halogens is 1. The minimum atomic E-state index is -0.267. The molecule has 0 aliphatic carbocycles. The van der Waals surface area contributed by atoms with Crippen LogP contribution in [0.3, 0.4) is 0 Å². The zero-order valence-electron chi connectivity index (χ0n) is 14.6. The number of anilines is 1. The second-order valence-electron chi connectivity index (χ2n) is 5.74. The van der Waals surface area contributed by atoms with Gasteiger partial charge in [-0.2, -0.15) is 0 Å². The molecule has 2 aromatic carbocycles. The normalized spacial score (nSPS) is 10.6. The van der Waals surface area contributed by atoms with E-state index in [-0.39, 0.29) is 11.7 Å². The lowest BCUT2D eigenvalue weighted by Gasteiger charge is -2.12. The molecule has 3 aromatic rings. The lowest BCUT2D eigenvalue weighted by molar-refractivity contribution is -0.118. The van der Waals surface area contributed by atoms with Crippen LogP contribution in [0.25, 0.3) is 5.69 Å². The van der Waals surface area contributed by atoms with E-state index in [9.17, 15) is 4.79 Å². The Morgan fingerprint density at radius 2 is 2.00 bits per heavy atom. The van der Waals surface area contributed by atoms with Gasteiger partial charge in [-0.1, -0.05) is 30.0 Å².